The average Bonchev–Trinajstić information content (AvgIpc) is 2.71. The minimum absolute atomic E-state index is 0.0202. The predicted molar refractivity (Wildman–Crippen MR) is 116 cm³/mol. The summed E-state index contributed by atoms with van der Waals surface area (Å²) in [5.74, 6) is -2.57. The van der Waals surface area contributed by atoms with Crippen molar-refractivity contribution in [1.29, 1.82) is 0 Å². The second-order valence-electron chi connectivity index (χ2n) is 6.73. The Morgan fingerprint density at radius 2 is 1.87 bits per heavy atom. The maximum absolute atomic E-state index is 13.1. The number of hydrogen-bond donors (Lipinski definition) is 4. The van der Waals surface area contributed by atoms with E-state index in [4.69, 9.17) is 23.2 Å². The lowest BCUT2D eigenvalue weighted by molar-refractivity contribution is -0.123. The van der Waals surface area contributed by atoms with Crippen LogP contribution in [0, 0.1) is 5.82 Å². The van der Waals surface area contributed by atoms with Crippen molar-refractivity contribution in [3.63, 3.8) is 0 Å². The number of carbonyl (C=O) groups is 2. The summed E-state index contributed by atoms with van der Waals surface area (Å²) in [6, 6.07) is 9.92. The molecule has 2 heterocycles. The maximum atomic E-state index is 13.1. The highest BCUT2D eigenvalue weighted by Crippen LogP contribution is 2.32. The monoisotopic (exact) mass is 461 g/mol. The zero-order valence-corrected chi connectivity index (χ0v) is 17.1. The van der Waals surface area contributed by atoms with E-state index in [0.29, 0.717) is 16.4 Å². The van der Waals surface area contributed by atoms with E-state index in [1.807, 2.05) is 0 Å². The van der Waals surface area contributed by atoms with Crippen molar-refractivity contribution in [1.82, 2.24) is 9.97 Å². The van der Waals surface area contributed by atoms with E-state index in [0.717, 1.165) is 0 Å². The Morgan fingerprint density at radius 3 is 2.58 bits per heavy atom. The third-order valence-corrected chi connectivity index (χ3v) is 5.11. The average molecular weight is 462 g/mol. The minimum Gasteiger partial charge on any atom is -0.326 e. The number of fused-ring (bicyclic) bond motifs is 1. The van der Waals surface area contributed by atoms with Gasteiger partial charge in [-0.15, -0.1) is 0 Å². The molecule has 1 aliphatic heterocycles. The van der Waals surface area contributed by atoms with E-state index in [1.54, 1.807) is 6.07 Å². The van der Waals surface area contributed by atoms with Gasteiger partial charge in [-0.1, -0.05) is 23.2 Å². The molecule has 2 aromatic carbocycles. The number of anilines is 4. The van der Waals surface area contributed by atoms with Crippen LogP contribution < -0.4 is 21.5 Å². The molecule has 0 bridgehead atoms. The summed E-state index contributed by atoms with van der Waals surface area (Å²) < 4.78 is 13.1. The zero-order valence-electron chi connectivity index (χ0n) is 15.6. The van der Waals surface area contributed by atoms with E-state index >= 15 is 0 Å². The Hall–Kier alpha value is -3.43. The van der Waals surface area contributed by atoms with Crippen LogP contribution in [0.15, 0.2) is 47.3 Å². The zero-order chi connectivity index (χ0) is 22.1. The SMILES string of the molecule is O=C1C[C@H](C(=O)Nc2ccc(Cl)cc2Cl)c2c(nc(Nc3ccc(F)cc3)[nH]c2=O)N1. The maximum Gasteiger partial charge on any atom is 0.258 e. The van der Waals surface area contributed by atoms with Gasteiger partial charge in [-0.2, -0.15) is 4.98 Å². The third-order valence-electron chi connectivity index (χ3n) is 4.56. The first-order valence-electron chi connectivity index (χ1n) is 9.03. The van der Waals surface area contributed by atoms with E-state index in [9.17, 15) is 18.8 Å². The highest BCUT2D eigenvalue weighted by atomic mass is 35.5. The summed E-state index contributed by atoms with van der Waals surface area (Å²) in [7, 11) is 0. The molecule has 3 aromatic rings. The standard InChI is InChI=1S/C20H14Cl2FN5O3/c21-9-1-6-14(13(22)7-9)25-18(30)12-8-15(29)26-17-16(12)19(31)28-20(27-17)24-11-4-2-10(23)3-5-11/h1-7,12H,8H2,(H,25,30)(H3,24,26,27,28,29,31)/t12-/m0/s1. The highest BCUT2D eigenvalue weighted by Gasteiger charge is 2.35. The lowest BCUT2D eigenvalue weighted by atomic mass is 9.92. The fourth-order valence-electron chi connectivity index (χ4n) is 3.14. The molecule has 11 heteroatoms. The number of nitrogens with one attached hydrogen (secondary N) is 4. The summed E-state index contributed by atoms with van der Waals surface area (Å²) in [4.78, 5) is 44.5. The minimum atomic E-state index is -1.08. The predicted octanol–water partition coefficient (Wildman–Crippen LogP) is 4.02. The first kappa shape index (κ1) is 20.8. The second-order valence-corrected chi connectivity index (χ2v) is 7.57. The van der Waals surface area contributed by atoms with E-state index in [2.05, 4.69) is 25.9 Å². The Kier molecular flexibility index (Phi) is 5.62. The van der Waals surface area contributed by atoms with Gasteiger partial charge in [-0.25, -0.2) is 4.39 Å². The van der Waals surface area contributed by atoms with Gasteiger partial charge < -0.3 is 16.0 Å². The van der Waals surface area contributed by atoms with Gasteiger partial charge in [0.2, 0.25) is 17.8 Å². The van der Waals surface area contributed by atoms with Gasteiger partial charge in [-0.3, -0.25) is 19.4 Å². The topological polar surface area (TPSA) is 116 Å². The van der Waals surface area contributed by atoms with Crippen LogP contribution in [0.5, 0.6) is 0 Å². The molecule has 158 valence electrons. The lowest BCUT2D eigenvalue weighted by Gasteiger charge is -2.24. The van der Waals surface area contributed by atoms with Crippen molar-refractivity contribution < 1.29 is 14.0 Å². The Bertz CT molecular complexity index is 1250. The number of nitrogens with zero attached hydrogens (tertiary/aromatic N) is 1. The highest BCUT2D eigenvalue weighted by molar-refractivity contribution is 6.36. The Labute approximate surface area is 184 Å². The number of hydrogen-bond acceptors (Lipinski definition) is 5. The smallest absolute Gasteiger partial charge is 0.258 e. The molecule has 2 amide bonds. The number of carbonyl (C=O) groups excluding carboxylic acids is 2. The van der Waals surface area contributed by atoms with Gasteiger partial charge in [0.05, 0.1) is 22.2 Å². The molecule has 0 fully saturated rings. The van der Waals surface area contributed by atoms with Crippen molar-refractivity contribution in [2.45, 2.75) is 12.3 Å². The van der Waals surface area contributed by atoms with Crippen LogP contribution in [0.3, 0.4) is 0 Å². The van der Waals surface area contributed by atoms with Crippen LogP contribution >= 0.6 is 23.2 Å². The van der Waals surface area contributed by atoms with Crippen molar-refractivity contribution in [2.75, 3.05) is 16.0 Å². The number of H-pyrrole nitrogens is 1. The molecule has 31 heavy (non-hydrogen) atoms. The quantitative estimate of drug-likeness (QED) is 0.468. The Morgan fingerprint density at radius 1 is 1.13 bits per heavy atom. The number of aromatic amines is 1. The van der Waals surface area contributed by atoms with Crippen LogP contribution in [0.1, 0.15) is 17.9 Å². The molecule has 0 saturated heterocycles. The molecular weight excluding hydrogens is 448 g/mol. The van der Waals surface area contributed by atoms with Crippen molar-refractivity contribution in [3.8, 4) is 0 Å². The van der Waals surface area contributed by atoms with Crippen LogP contribution in [0.25, 0.3) is 0 Å². The Balaban J connectivity index is 1.64. The molecule has 0 unspecified atom stereocenters. The van der Waals surface area contributed by atoms with Crippen LogP contribution in [-0.2, 0) is 9.59 Å². The number of amides is 2. The molecule has 1 aliphatic rings. The number of aromatic nitrogens is 2. The van der Waals surface area contributed by atoms with E-state index in [-0.39, 0.29) is 28.8 Å². The molecule has 0 saturated carbocycles. The number of halogens is 3. The summed E-state index contributed by atoms with van der Waals surface area (Å²) in [5.41, 5.74) is 0.185. The van der Waals surface area contributed by atoms with Crippen molar-refractivity contribution in [3.05, 3.63) is 74.2 Å². The molecule has 0 radical (unpaired) electrons. The van der Waals surface area contributed by atoms with Gasteiger partial charge >= 0.3 is 0 Å². The summed E-state index contributed by atoms with van der Waals surface area (Å²) >= 11 is 12.0. The van der Waals surface area contributed by atoms with Crippen molar-refractivity contribution in [2.24, 2.45) is 0 Å². The molecule has 4 N–H and O–H groups in total. The van der Waals surface area contributed by atoms with Crippen LogP contribution in [0.2, 0.25) is 10.0 Å². The van der Waals surface area contributed by atoms with Crippen LogP contribution in [-0.4, -0.2) is 21.8 Å². The molecule has 8 nitrogen and oxygen atoms in total. The molecule has 0 aliphatic carbocycles. The molecule has 0 spiro atoms. The lowest BCUT2D eigenvalue weighted by Crippen LogP contribution is -2.36. The van der Waals surface area contributed by atoms with Gasteiger partial charge in [0.15, 0.2) is 0 Å². The molecular formula is C20H14Cl2FN5O3. The first-order valence-corrected chi connectivity index (χ1v) is 9.78. The summed E-state index contributed by atoms with van der Waals surface area (Å²) in [5, 5.41) is 8.55. The van der Waals surface area contributed by atoms with E-state index < -0.39 is 29.1 Å². The fourth-order valence-corrected chi connectivity index (χ4v) is 3.59. The van der Waals surface area contributed by atoms with Crippen molar-refractivity contribution >= 4 is 58.2 Å². The van der Waals surface area contributed by atoms with Crippen LogP contribution in [0.4, 0.5) is 27.5 Å². The summed E-state index contributed by atoms with van der Waals surface area (Å²) in [6.07, 6.45) is -0.237. The first-order chi connectivity index (χ1) is 14.8. The van der Waals surface area contributed by atoms with Gasteiger partial charge in [-0.05, 0) is 42.5 Å². The number of rotatable bonds is 4. The molecule has 1 atom stereocenters. The molecule has 4 rings (SSSR count). The van der Waals surface area contributed by atoms with Gasteiger partial charge in [0.1, 0.15) is 11.6 Å². The molecule has 1 aromatic heterocycles. The largest absolute Gasteiger partial charge is 0.326 e. The second kappa shape index (κ2) is 8.37. The third kappa shape index (κ3) is 4.52. The fraction of sp³-hybridized carbons (Fsp3) is 0.100. The van der Waals surface area contributed by atoms with Gasteiger partial charge in [0, 0.05) is 17.1 Å². The summed E-state index contributed by atoms with van der Waals surface area (Å²) in [6.45, 7) is 0. The van der Waals surface area contributed by atoms with Gasteiger partial charge in [0.25, 0.3) is 5.56 Å². The number of benzene rings is 2. The van der Waals surface area contributed by atoms with E-state index in [1.165, 1.54) is 36.4 Å². The normalized spacial score (nSPS) is 15.1.